The number of hydrogen-bond donors (Lipinski definition) is 1. The summed E-state index contributed by atoms with van der Waals surface area (Å²) in [5.74, 6) is -0.592. The number of sulfone groups is 1. The van der Waals surface area contributed by atoms with Gasteiger partial charge >= 0.3 is 0 Å². The first-order valence-electron chi connectivity index (χ1n) is 11.1. The molecule has 31 heavy (non-hydrogen) atoms. The van der Waals surface area contributed by atoms with Crippen molar-refractivity contribution in [3.05, 3.63) is 59.4 Å². The van der Waals surface area contributed by atoms with Crippen LogP contribution >= 0.6 is 0 Å². The van der Waals surface area contributed by atoms with Crippen LogP contribution in [0.4, 0.5) is 4.39 Å². The van der Waals surface area contributed by atoms with Gasteiger partial charge in [-0.2, -0.15) is 0 Å². The van der Waals surface area contributed by atoms with Gasteiger partial charge < -0.3 is 9.84 Å². The maximum atomic E-state index is 14.3. The Morgan fingerprint density at radius 2 is 1.68 bits per heavy atom. The van der Waals surface area contributed by atoms with Crippen LogP contribution in [0, 0.1) is 11.2 Å². The number of rotatable bonds is 8. The molecule has 0 radical (unpaired) electrons. The molecule has 2 atom stereocenters. The Hall–Kier alpha value is -1.92. The normalized spacial score (nSPS) is 21.8. The molecule has 0 saturated carbocycles. The summed E-state index contributed by atoms with van der Waals surface area (Å²) in [5.41, 5.74) is 0.312. The van der Waals surface area contributed by atoms with Gasteiger partial charge in [-0.25, -0.2) is 12.8 Å². The average molecular weight is 449 g/mol. The number of fused-ring (bicyclic) bond motifs is 1. The van der Waals surface area contributed by atoms with E-state index < -0.39 is 33.1 Å². The first-order valence-corrected chi connectivity index (χ1v) is 12.8. The molecular weight excluding hydrogens is 415 g/mol. The van der Waals surface area contributed by atoms with Crippen LogP contribution in [0.2, 0.25) is 0 Å². The van der Waals surface area contributed by atoms with Gasteiger partial charge in [-0.05, 0) is 54.3 Å². The highest BCUT2D eigenvalue weighted by Crippen LogP contribution is 2.49. The van der Waals surface area contributed by atoms with Gasteiger partial charge in [-0.3, -0.25) is 0 Å². The van der Waals surface area contributed by atoms with Crippen LogP contribution in [0.1, 0.15) is 69.4 Å². The molecule has 0 aliphatic carbocycles. The summed E-state index contributed by atoms with van der Waals surface area (Å²) >= 11 is 0. The quantitative estimate of drug-likeness (QED) is 0.543. The Labute approximate surface area is 185 Å². The molecule has 0 amide bonds. The summed E-state index contributed by atoms with van der Waals surface area (Å²) in [4.78, 5) is 0.128. The minimum absolute atomic E-state index is 0.119. The summed E-state index contributed by atoms with van der Waals surface area (Å²) in [6.45, 7) is 4.13. The Bertz CT molecular complexity index is 977. The maximum Gasteiger partial charge on any atom is 0.179 e. The fraction of sp³-hybridized carbons (Fsp3) is 0.520. The van der Waals surface area contributed by atoms with E-state index in [0.717, 1.165) is 31.2 Å². The van der Waals surface area contributed by atoms with Crippen molar-refractivity contribution < 1.29 is 22.7 Å². The average Bonchev–Trinajstić information content (AvgIpc) is 2.82. The lowest BCUT2D eigenvalue weighted by atomic mass is 9.68. The molecular formula is C25H33FO4S. The van der Waals surface area contributed by atoms with Crippen LogP contribution < -0.4 is 4.74 Å². The van der Waals surface area contributed by atoms with Gasteiger partial charge in [0.15, 0.2) is 9.84 Å². The van der Waals surface area contributed by atoms with Gasteiger partial charge in [0.25, 0.3) is 0 Å². The SMILES string of the molecule is CCCCC1(CCCC)CS(=O)(=O)c2ccc(F)cc2[C@@H](c2ccc(OC)cc2)[C@H]1O. The first-order chi connectivity index (χ1) is 14.8. The molecule has 0 spiro atoms. The number of methoxy groups -OCH3 is 1. The van der Waals surface area contributed by atoms with Crippen LogP contribution in [0.15, 0.2) is 47.4 Å². The molecule has 170 valence electrons. The van der Waals surface area contributed by atoms with Crippen molar-refractivity contribution in [2.45, 2.75) is 69.3 Å². The molecule has 1 aliphatic rings. The molecule has 2 aromatic rings. The van der Waals surface area contributed by atoms with Crippen molar-refractivity contribution in [1.82, 2.24) is 0 Å². The highest BCUT2D eigenvalue weighted by atomic mass is 32.2. The standard InChI is InChI=1S/C25H33FO4S/c1-4-6-14-25(15-7-5-2)17-31(28,29)22-13-10-19(26)16-21(22)23(24(25)27)18-8-11-20(30-3)12-9-18/h8-13,16,23-24,27H,4-7,14-15,17H2,1-3H3/t23-,24-/m1/s1. The van der Waals surface area contributed by atoms with Gasteiger partial charge in [0.2, 0.25) is 0 Å². The Morgan fingerprint density at radius 3 is 2.23 bits per heavy atom. The van der Waals surface area contributed by atoms with E-state index in [9.17, 15) is 17.9 Å². The van der Waals surface area contributed by atoms with Crippen molar-refractivity contribution in [2.24, 2.45) is 5.41 Å². The number of ether oxygens (including phenoxy) is 1. The first kappa shape index (κ1) is 23.7. The van der Waals surface area contributed by atoms with Gasteiger partial charge in [-0.15, -0.1) is 0 Å². The summed E-state index contributed by atoms with van der Waals surface area (Å²) in [6.07, 6.45) is 3.77. The van der Waals surface area contributed by atoms with Gasteiger partial charge in [0, 0.05) is 11.3 Å². The van der Waals surface area contributed by atoms with Crippen LogP contribution in [-0.4, -0.2) is 32.5 Å². The van der Waals surface area contributed by atoms with E-state index in [1.807, 2.05) is 12.1 Å². The van der Waals surface area contributed by atoms with Crippen LogP contribution in [0.5, 0.6) is 5.75 Å². The largest absolute Gasteiger partial charge is 0.497 e. The van der Waals surface area contributed by atoms with Crippen molar-refractivity contribution in [3.63, 3.8) is 0 Å². The molecule has 0 unspecified atom stereocenters. The van der Waals surface area contributed by atoms with Crippen molar-refractivity contribution in [1.29, 1.82) is 0 Å². The summed E-state index contributed by atoms with van der Waals surface area (Å²) in [6, 6.07) is 11.1. The van der Waals surface area contributed by atoms with E-state index in [1.54, 1.807) is 19.2 Å². The zero-order valence-electron chi connectivity index (χ0n) is 18.6. The molecule has 1 heterocycles. The second-order valence-corrected chi connectivity index (χ2v) is 10.7. The predicted octanol–water partition coefficient (Wildman–Crippen LogP) is 5.48. The summed E-state index contributed by atoms with van der Waals surface area (Å²) in [5, 5.41) is 11.8. The summed E-state index contributed by atoms with van der Waals surface area (Å²) < 4.78 is 46.6. The lowest BCUT2D eigenvalue weighted by molar-refractivity contribution is 0.0126. The van der Waals surface area contributed by atoms with E-state index in [1.165, 1.54) is 18.2 Å². The topological polar surface area (TPSA) is 63.6 Å². The maximum absolute atomic E-state index is 14.3. The third kappa shape index (κ3) is 4.80. The minimum atomic E-state index is -3.70. The number of halogens is 1. The molecule has 3 rings (SSSR count). The zero-order valence-corrected chi connectivity index (χ0v) is 19.4. The van der Waals surface area contributed by atoms with Crippen molar-refractivity contribution in [3.8, 4) is 5.75 Å². The van der Waals surface area contributed by atoms with Crippen LogP contribution in [-0.2, 0) is 9.84 Å². The molecule has 0 saturated heterocycles. The molecule has 4 nitrogen and oxygen atoms in total. The molecule has 0 fully saturated rings. The van der Waals surface area contributed by atoms with Crippen molar-refractivity contribution in [2.75, 3.05) is 12.9 Å². The Morgan fingerprint density at radius 1 is 1.06 bits per heavy atom. The molecule has 1 N–H and O–H groups in total. The highest BCUT2D eigenvalue weighted by molar-refractivity contribution is 7.91. The van der Waals surface area contributed by atoms with Crippen molar-refractivity contribution >= 4 is 9.84 Å². The number of benzene rings is 2. The number of aliphatic hydroxyl groups is 1. The van der Waals surface area contributed by atoms with E-state index in [2.05, 4.69) is 13.8 Å². The van der Waals surface area contributed by atoms with Crippen LogP contribution in [0.3, 0.4) is 0 Å². The van der Waals surface area contributed by atoms with E-state index in [4.69, 9.17) is 4.74 Å². The highest BCUT2D eigenvalue weighted by Gasteiger charge is 2.49. The Kier molecular flexibility index (Phi) is 7.43. The lowest BCUT2D eigenvalue weighted by Gasteiger charge is -2.40. The van der Waals surface area contributed by atoms with Gasteiger partial charge in [-0.1, -0.05) is 51.7 Å². The number of aliphatic hydroxyl groups excluding tert-OH is 1. The van der Waals surface area contributed by atoms with Gasteiger partial charge in [0.05, 0.1) is 23.9 Å². The second-order valence-electron chi connectivity index (χ2n) is 8.71. The van der Waals surface area contributed by atoms with E-state index >= 15 is 0 Å². The molecule has 6 heteroatoms. The van der Waals surface area contributed by atoms with E-state index in [0.29, 0.717) is 24.2 Å². The monoisotopic (exact) mass is 448 g/mol. The minimum Gasteiger partial charge on any atom is -0.497 e. The molecule has 1 aliphatic heterocycles. The molecule has 0 aromatic heterocycles. The summed E-state index contributed by atoms with van der Waals surface area (Å²) in [7, 11) is -2.13. The fourth-order valence-corrected chi connectivity index (χ4v) is 7.10. The third-order valence-electron chi connectivity index (χ3n) is 6.59. The molecule has 0 bridgehead atoms. The Balaban J connectivity index is 2.25. The smallest absolute Gasteiger partial charge is 0.179 e. The zero-order chi connectivity index (χ0) is 22.6. The molecule has 2 aromatic carbocycles. The van der Waals surface area contributed by atoms with Crippen LogP contribution in [0.25, 0.3) is 0 Å². The number of unbranched alkanes of at least 4 members (excludes halogenated alkanes) is 2. The predicted molar refractivity (Wildman–Crippen MR) is 121 cm³/mol. The lowest BCUT2D eigenvalue weighted by Crippen LogP contribution is -2.43. The third-order valence-corrected chi connectivity index (χ3v) is 8.59. The van der Waals surface area contributed by atoms with E-state index in [-0.39, 0.29) is 10.6 Å². The number of hydrogen-bond acceptors (Lipinski definition) is 4. The fourth-order valence-electron chi connectivity index (χ4n) is 4.91. The second kappa shape index (κ2) is 9.70. The van der Waals surface area contributed by atoms with Gasteiger partial charge in [0.1, 0.15) is 11.6 Å².